The Balaban J connectivity index is 2.40. The van der Waals surface area contributed by atoms with Crippen LogP contribution in [0.25, 0.3) is 0 Å². The zero-order valence-corrected chi connectivity index (χ0v) is 10.9. The summed E-state index contributed by atoms with van der Waals surface area (Å²) in [5, 5.41) is 0. The van der Waals surface area contributed by atoms with Crippen molar-refractivity contribution < 1.29 is 9.16 Å². The van der Waals surface area contributed by atoms with E-state index in [1.807, 2.05) is 0 Å². The maximum Gasteiger partial charge on any atom is 0.183 e. The molecule has 4 atom stereocenters. The van der Waals surface area contributed by atoms with Gasteiger partial charge in [-0.2, -0.15) is 0 Å². The molecule has 0 amide bonds. The van der Waals surface area contributed by atoms with Gasteiger partial charge in [-0.25, -0.2) is 0 Å². The molecule has 0 saturated carbocycles. The summed E-state index contributed by atoms with van der Waals surface area (Å²) < 4.78 is 11.5. The van der Waals surface area contributed by atoms with Gasteiger partial charge in [-0.05, 0) is 31.5 Å². The molecule has 14 heavy (non-hydrogen) atoms. The van der Waals surface area contributed by atoms with Crippen LogP contribution in [-0.2, 0) is 9.16 Å². The predicted octanol–water partition coefficient (Wildman–Crippen LogP) is 2.00. The van der Waals surface area contributed by atoms with E-state index in [4.69, 9.17) is 17.0 Å². The molecule has 0 bridgehead atoms. The molecule has 1 aliphatic heterocycles. The predicted molar refractivity (Wildman–Crippen MR) is 62.0 cm³/mol. The number of ether oxygens (including phenoxy) is 1. The standard InChI is InChI=1S/C10H21BO2Si/c1-7-8(2)10(11)13-9(7)6-12-14(3,4)5/h7-10H,6H2,1-5H3. The van der Waals surface area contributed by atoms with Gasteiger partial charge in [0, 0.05) is 6.00 Å². The van der Waals surface area contributed by atoms with Crippen LogP contribution in [-0.4, -0.2) is 34.9 Å². The van der Waals surface area contributed by atoms with Crippen LogP contribution in [0.5, 0.6) is 0 Å². The lowest BCUT2D eigenvalue weighted by atomic mass is 9.82. The highest BCUT2D eigenvalue weighted by molar-refractivity contribution is 6.69. The van der Waals surface area contributed by atoms with Crippen molar-refractivity contribution in [3.8, 4) is 0 Å². The first-order valence-electron chi connectivity index (χ1n) is 5.36. The summed E-state index contributed by atoms with van der Waals surface area (Å²) in [5.41, 5.74) is 0. The van der Waals surface area contributed by atoms with Crippen LogP contribution in [0.1, 0.15) is 13.8 Å². The zero-order valence-electron chi connectivity index (χ0n) is 9.91. The molecule has 1 saturated heterocycles. The topological polar surface area (TPSA) is 18.5 Å². The fraction of sp³-hybridized carbons (Fsp3) is 1.00. The van der Waals surface area contributed by atoms with E-state index in [1.165, 1.54) is 0 Å². The lowest BCUT2D eigenvalue weighted by Crippen LogP contribution is -2.32. The third kappa shape index (κ3) is 3.11. The van der Waals surface area contributed by atoms with Crippen LogP contribution in [0.4, 0.5) is 0 Å². The molecule has 0 N–H and O–H groups in total. The van der Waals surface area contributed by atoms with Crippen LogP contribution < -0.4 is 0 Å². The molecule has 80 valence electrons. The summed E-state index contributed by atoms with van der Waals surface area (Å²) in [6.45, 7) is 11.6. The quantitative estimate of drug-likeness (QED) is 0.666. The fourth-order valence-electron chi connectivity index (χ4n) is 1.61. The Morgan fingerprint density at radius 2 is 1.79 bits per heavy atom. The van der Waals surface area contributed by atoms with Crippen LogP contribution in [0, 0.1) is 11.8 Å². The largest absolute Gasteiger partial charge is 0.415 e. The molecule has 0 aromatic rings. The SMILES string of the molecule is [B]C1OC(CO[Si](C)(C)C)C(C)C1C. The normalized spacial score (nSPS) is 38.9. The minimum Gasteiger partial charge on any atom is -0.415 e. The van der Waals surface area contributed by atoms with Crippen LogP contribution in [0.3, 0.4) is 0 Å². The van der Waals surface area contributed by atoms with Gasteiger partial charge < -0.3 is 9.16 Å². The highest BCUT2D eigenvalue weighted by Crippen LogP contribution is 2.31. The molecule has 1 heterocycles. The third-order valence-electron chi connectivity index (χ3n) is 2.95. The van der Waals surface area contributed by atoms with Gasteiger partial charge in [0.25, 0.3) is 0 Å². The van der Waals surface area contributed by atoms with Gasteiger partial charge in [0.15, 0.2) is 8.32 Å². The number of rotatable bonds is 3. The number of hydrogen-bond donors (Lipinski definition) is 0. The molecule has 0 aliphatic carbocycles. The third-order valence-corrected chi connectivity index (χ3v) is 3.98. The average molecular weight is 212 g/mol. The second kappa shape index (κ2) is 4.37. The van der Waals surface area contributed by atoms with E-state index in [2.05, 4.69) is 33.5 Å². The van der Waals surface area contributed by atoms with Gasteiger partial charge >= 0.3 is 0 Å². The summed E-state index contributed by atoms with van der Waals surface area (Å²) in [5.74, 6) is 0.937. The number of hydrogen-bond acceptors (Lipinski definition) is 2. The molecular weight excluding hydrogens is 191 g/mol. The second-order valence-corrected chi connectivity index (χ2v) is 9.79. The first-order chi connectivity index (χ1) is 6.31. The summed E-state index contributed by atoms with van der Waals surface area (Å²) in [4.78, 5) is 0. The van der Waals surface area contributed by atoms with E-state index in [0.29, 0.717) is 18.4 Å². The molecular formula is C10H21BO2Si. The van der Waals surface area contributed by atoms with Gasteiger partial charge in [0.2, 0.25) is 0 Å². The minimum atomic E-state index is -1.42. The smallest absolute Gasteiger partial charge is 0.183 e. The summed E-state index contributed by atoms with van der Waals surface area (Å²) in [7, 11) is 4.41. The van der Waals surface area contributed by atoms with Gasteiger partial charge in [-0.1, -0.05) is 13.8 Å². The van der Waals surface area contributed by atoms with E-state index >= 15 is 0 Å². The highest BCUT2D eigenvalue weighted by Gasteiger charge is 2.36. The van der Waals surface area contributed by atoms with E-state index < -0.39 is 8.32 Å². The molecule has 1 aliphatic rings. The van der Waals surface area contributed by atoms with Crippen molar-refractivity contribution in [3.05, 3.63) is 0 Å². The first kappa shape index (κ1) is 12.3. The average Bonchev–Trinajstić information content (AvgIpc) is 2.28. The Hall–Kier alpha value is 0.202. The molecule has 2 nitrogen and oxygen atoms in total. The van der Waals surface area contributed by atoms with Gasteiger partial charge in [-0.15, -0.1) is 0 Å². The lowest BCUT2D eigenvalue weighted by Gasteiger charge is -2.22. The molecule has 1 fully saturated rings. The Bertz CT molecular complexity index is 193. The van der Waals surface area contributed by atoms with Crippen LogP contribution in [0.2, 0.25) is 19.6 Å². The van der Waals surface area contributed by atoms with Crippen molar-refractivity contribution in [2.45, 2.75) is 45.6 Å². The van der Waals surface area contributed by atoms with E-state index in [0.717, 1.165) is 0 Å². The minimum absolute atomic E-state index is 0.111. The zero-order chi connectivity index (χ0) is 10.9. The highest BCUT2D eigenvalue weighted by atomic mass is 28.4. The van der Waals surface area contributed by atoms with Crippen molar-refractivity contribution in [3.63, 3.8) is 0 Å². The van der Waals surface area contributed by atoms with E-state index in [1.54, 1.807) is 0 Å². The molecule has 4 unspecified atom stereocenters. The molecule has 0 aromatic carbocycles. The second-order valence-electron chi connectivity index (χ2n) is 5.28. The molecule has 1 rings (SSSR count). The maximum atomic E-state index is 5.84. The van der Waals surface area contributed by atoms with Crippen molar-refractivity contribution in [2.24, 2.45) is 11.8 Å². The monoisotopic (exact) mass is 212 g/mol. The fourth-order valence-corrected chi connectivity index (χ4v) is 2.27. The lowest BCUT2D eigenvalue weighted by molar-refractivity contribution is 0.0341. The molecule has 0 aromatic heterocycles. The van der Waals surface area contributed by atoms with Crippen molar-refractivity contribution in [2.75, 3.05) is 6.61 Å². The Kier molecular flexibility index (Phi) is 3.83. The maximum absolute atomic E-state index is 5.84. The van der Waals surface area contributed by atoms with Gasteiger partial charge in [0.05, 0.1) is 12.7 Å². The van der Waals surface area contributed by atoms with Crippen molar-refractivity contribution in [1.82, 2.24) is 0 Å². The van der Waals surface area contributed by atoms with E-state index in [-0.39, 0.29) is 12.1 Å². The van der Waals surface area contributed by atoms with Crippen LogP contribution in [0.15, 0.2) is 0 Å². The van der Waals surface area contributed by atoms with Gasteiger partial charge in [0.1, 0.15) is 7.85 Å². The molecule has 4 heteroatoms. The Labute approximate surface area is 89.9 Å². The van der Waals surface area contributed by atoms with Crippen LogP contribution >= 0.6 is 0 Å². The van der Waals surface area contributed by atoms with Crippen molar-refractivity contribution in [1.29, 1.82) is 0 Å². The summed E-state index contributed by atoms with van der Waals surface area (Å²) >= 11 is 0. The molecule has 0 spiro atoms. The molecule has 2 radical (unpaired) electrons. The summed E-state index contributed by atoms with van der Waals surface area (Å²) in [6.07, 6.45) is 0.187. The first-order valence-corrected chi connectivity index (χ1v) is 8.77. The van der Waals surface area contributed by atoms with E-state index in [9.17, 15) is 0 Å². The Morgan fingerprint density at radius 3 is 2.14 bits per heavy atom. The van der Waals surface area contributed by atoms with Gasteiger partial charge in [-0.3, -0.25) is 0 Å². The summed E-state index contributed by atoms with van der Waals surface area (Å²) in [6, 6.07) is -0.111. The van der Waals surface area contributed by atoms with Crippen molar-refractivity contribution >= 4 is 16.2 Å². The Morgan fingerprint density at radius 1 is 1.21 bits per heavy atom.